The summed E-state index contributed by atoms with van der Waals surface area (Å²) in [5, 5.41) is 13.8. The fraction of sp³-hybridized carbons (Fsp3) is 1.00. The predicted molar refractivity (Wildman–Crippen MR) is 84.2 cm³/mol. The largest absolute Gasteiger partial charge is 0.394 e. The number of nitrogens with one attached hydrogen (secondary N) is 1. The van der Waals surface area contributed by atoms with Gasteiger partial charge in [-0.3, -0.25) is 0 Å². The first kappa shape index (κ1) is 15.1. The molecule has 3 fully saturated rings. The summed E-state index contributed by atoms with van der Waals surface area (Å²) in [6.45, 7) is 3.51. The van der Waals surface area contributed by atoms with Crippen LogP contribution in [0.2, 0.25) is 0 Å². The maximum Gasteiger partial charge on any atom is 0.0795 e. The van der Waals surface area contributed by atoms with Crippen LogP contribution in [0.3, 0.4) is 0 Å². The molecule has 3 rings (SSSR count). The summed E-state index contributed by atoms with van der Waals surface area (Å²) < 4.78 is 6.11. The second kappa shape index (κ2) is 6.15. The molecule has 3 aliphatic rings. The van der Waals surface area contributed by atoms with E-state index in [1.165, 1.54) is 25.0 Å². The van der Waals surface area contributed by atoms with Gasteiger partial charge in [-0.15, -0.1) is 0 Å². The Labute approximate surface area is 127 Å². The van der Waals surface area contributed by atoms with E-state index in [9.17, 15) is 5.11 Å². The van der Waals surface area contributed by atoms with Crippen molar-refractivity contribution in [2.75, 3.05) is 24.7 Å². The van der Waals surface area contributed by atoms with Gasteiger partial charge < -0.3 is 15.2 Å². The van der Waals surface area contributed by atoms with Gasteiger partial charge in [0.25, 0.3) is 0 Å². The molecule has 0 aromatic carbocycles. The summed E-state index contributed by atoms with van der Waals surface area (Å²) in [5.41, 5.74) is 0.126. The summed E-state index contributed by atoms with van der Waals surface area (Å²) in [4.78, 5) is 0. The van der Waals surface area contributed by atoms with Crippen LogP contribution in [0.25, 0.3) is 0 Å². The van der Waals surface area contributed by atoms with Crippen molar-refractivity contribution in [1.29, 1.82) is 0 Å². The molecule has 4 heteroatoms. The van der Waals surface area contributed by atoms with Gasteiger partial charge in [0.1, 0.15) is 0 Å². The Kier molecular flexibility index (Phi) is 4.66. The number of ether oxygens (including phenoxy) is 1. The molecule has 2 aliphatic heterocycles. The number of hydrogen-bond donors (Lipinski definition) is 2. The second-order valence-electron chi connectivity index (χ2n) is 7.29. The van der Waals surface area contributed by atoms with Crippen LogP contribution in [0.4, 0.5) is 0 Å². The fourth-order valence-electron chi connectivity index (χ4n) is 4.11. The lowest BCUT2D eigenvalue weighted by Gasteiger charge is -2.45. The van der Waals surface area contributed by atoms with Gasteiger partial charge in [-0.25, -0.2) is 0 Å². The van der Waals surface area contributed by atoms with E-state index in [4.69, 9.17) is 4.74 Å². The average molecular weight is 299 g/mol. The first-order chi connectivity index (χ1) is 9.65. The van der Waals surface area contributed by atoms with Crippen molar-refractivity contribution in [1.82, 2.24) is 5.32 Å². The van der Waals surface area contributed by atoms with Crippen LogP contribution in [0.15, 0.2) is 0 Å². The minimum atomic E-state index is -0.0124. The number of aliphatic hydroxyl groups is 1. The van der Waals surface area contributed by atoms with E-state index in [1.807, 2.05) is 11.8 Å². The van der Waals surface area contributed by atoms with Crippen LogP contribution >= 0.6 is 11.8 Å². The van der Waals surface area contributed by atoms with E-state index >= 15 is 0 Å². The fourth-order valence-corrected chi connectivity index (χ4v) is 5.49. The van der Waals surface area contributed by atoms with Crippen molar-refractivity contribution < 1.29 is 9.84 Å². The van der Waals surface area contributed by atoms with Gasteiger partial charge in [0.05, 0.1) is 12.2 Å². The Morgan fingerprint density at radius 2 is 2.05 bits per heavy atom. The van der Waals surface area contributed by atoms with E-state index in [0.717, 1.165) is 44.0 Å². The molecule has 0 aromatic rings. The van der Waals surface area contributed by atoms with Gasteiger partial charge >= 0.3 is 0 Å². The maximum atomic E-state index is 9.92. The highest BCUT2D eigenvalue weighted by molar-refractivity contribution is 7.99. The molecule has 0 bridgehead atoms. The van der Waals surface area contributed by atoms with E-state index in [1.54, 1.807) is 0 Å². The third-order valence-electron chi connectivity index (χ3n) is 5.60. The molecule has 1 aliphatic carbocycles. The highest BCUT2D eigenvalue weighted by Crippen LogP contribution is 2.40. The van der Waals surface area contributed by atoms with Gasteiger partial charge in [-0.1, -0.05) is 6.92 Å². The summed E-state index contributed by atoms with van der Waals surface area (Å²) in [7, 11) is 0. The molecule has 116 valence electrons. The maximum absolute atomic E-state index is 9.92. The Balaban J connectivity index is 1.61. The Bertz CT molecular complexity index is 322. The van der Waals surface area contributed by atoms with Crippen molar-refractivity contribution in [3.63, 3.8) is 0 Å². The minimum Gasteiger partial charge on any atom is -0.394 e. The van der Waals surface area contributed by atoms with Crippen molar-refractivity contribution in [3.8, 4) is 0 Å². The Morgan fingerprint density at radius 1 is 1.25 bits per heavy atom. The molecule has 20 heavy (non-hydrogen) atoms. The van der Waals surface area contributed by atoms with Crippen LogP contribution < -0.4 is 5.32 Å². The molecule has 3 nitrogen and oxygen atoms in total. The lowest BCUT2D eigenvalue weighted by atomic mass is 9.76. The topological polar surface area (TPSA) is 41.5 Å². The van der Waals surface area contributed by atoms with E-state index in [0.29, 0.717) is 12.6 Å². The molecule has 1 spiro atoms. The molecule has 2 unspecified atom stereocenters. The number of rotatable bonds is 3. The first-order valence-corrected chi connectivity index (χ1v) is 9.41. The predicted octanol–water partition coefficient (Wildman–Crippen LogP) is 2.57. The second-order valence-corrected chi connectivity index (χ2v) is 8.39. The number of aliphatic hydroxyl groups excluding tert-OH is 1. The van der Waals surface area contributed by atoms with Crippen molar-refractivity contribution >= 4 is 11.8 Å². The smallest absolute Gasteiger partial charge is 0.0795 e. The van der Waals surface area contributed by atoms with Gasteiger partial charge in [-0.05, 0) is 56.6 Å². The number of hydrogen-bond acceptors (Lipinski definition) is 4. The summed E-state index contributed by atoms with van der Waals surface area (Å²) in [6.07, 6.45) is 8.20. The zero-order valence-corrected chi connectivity index (χ0v) is 13.5. The van der Waals surface area contributed by atoms with Gasteiger partial charge in [-0.2, -0.15) is 11.8 Å². The Hall–Kier alpha value is 0.230. The van der Waals surface area contributed by atoms with Gasteiger partial charge in [0.2, 0.25) is 0 Å². The van der Waals surface area contributed by atoms with E-state index < -0.39 is 0 Å². The van der Waals surface area contributed by atoms with Crippen LogP contribution in [0.1, 0.15) is 51.9 Å². The highest BCUT2D eigenvalue weighted by Gasteiger charge is 2.43. The van der Waals surface area contributed by atoms with E-state index in [2.05, 4.69) is 12.2 Å². The highest BCUT2D eigenvalue weighted by atomic mass is 32.2. The van der Waals surface area contributed by atoms with Crippen molar-refractivity contribution in [3.05, 3.63) is 0 Å². The lowest BCUT2D eigenvalue weighted by Crippen LogP contribution is -2.58. The molecule has 1 saturated carbocycles. The summed E-state index contributed by atoms with van der Waals surface area (Å²) >= 11 is 2.03. The molecule has 2 atom stereocenters. The molecular formula is C16H29NO2S. The summed E-state index contributed by atoms with van der Waals surface area (Å²) in [5.74, 6) is 3.23. The zero-order chi connectivity index (χ0) is 14.1. The summed E-state index contributed by atoms with van der Waals surface area (Å²) in [6, 6.07) is 0.531. The number of thioether (sulfide) groups is 1. The van der Waals surface area contributed by atoms with Gasteiger partial charge in [0, 0.05) is 23.9 Å². The monoisotopic (exact) mass is 299 g/mol. The lowest BCUT2D eigenvalue weighted by molar-refractivity contribution is -0.0769. The standard InChI is InChI=1S/C16H29NO2S/c1-13-2-5-15(11-18,6-3-13)17-14-4-8-19-16(10-14)7-9-20-12-16/h13-14,17-18H,2-12H2,1H3. The molecule has 0 aromatic heterocycles. The first-order valence-electron chi connectivity index (χ1n) is 8.26. The molecule has 2 heterocycles. The minimum absolute atomic E-state index is 0.0124. The molecule has 0 radical (unpaired) electrons. The third kappa shape index (κ3) is 3.18. The van der Waals surface area contributed by atoms with E-state index in [-0.39, 0.29) is 11.1 Å². The van der Waals surface area contributed by atoms with Crippen LogP contribution in [0, 0.1) is 5.92 Å². The Morgan fingerprint density at radius 3 is 2.70 bits per heavy atom. The average Bonchev–Trinajstić information content (AvgIpc) is 2.90. The molecule has 2 N–H and O–H groups in total. The normalized spacial score (nSPS) is 45.9. The van der Waals surface area contributed by atoms with Crippen LogP contribution in [0.5, 0.6) is 0 Å². The van der Waals surface area contributed by atoms with Gasteiger partial charge in [0.15, 0.2) is 0 Å². The molecule has 2 saturated heterocycles. The van der Waals surface area contributed by atoms with Crippen molar-refractivity contribution in [2.45, 2.75) is 69.1 Å². The third-order valence-corrected chi connectivity index (χ3v) is 6.83. The van der Waals surface area contributed by atoms with Crippen LogP contribution in [-0.2, 0) is 4.74 Å². The van der Waals surface area contributed by atoms with Crippen LogP contribution in [-0.4, -0.2) is 47.0 Å². The van der Waals surface area contributed by atoms with Crippen molar-refractivity contribution in [2.24, 2.45) is 5.92 Å². The SMILES string of the molecule is CC1CCC(CO)(NC2CCOC3(CCSC3)C2)CC1. The molecule has 0 amide bonds. The quantitative estimate of drug-likeness (QED) is 0.840. The zero-order valence-electron chi connectivity index (χ0n) is 12.7. The molecular weight excluding hydrogens is 270 g/mol.